The average Bonchev–Trinajstić information content (AvgIpc) is 2.50. The predicted molar refractivity (Wildman–Crippen MR) is 101 cm³/mol. The van der Waals surface area contributed by atoms with Gasteiger partial charge in [0.2, 0.25) is 0 Å². The molecule has 2 aromatic rings. The van der Waals surface area contributed by atoms with E-state index in [4.69, 9.17) is 4.74 Å². The van der Waals surface area contributed by atoms with Crippen LogP contribution in [0.3, 0.4) is 0 Å². The molecule has 0 saturated heterocycles. The maximum Gasteiger partial charge on any atom is 0.262 e. The molecule has 1 N–H and O–H groups in total. The van der Waals surface area contributed by atoms with Crippen molar-refractivity contribution in [1.82, 2.24) is 0 Å². The lowest BCUT2D eigenvalue weighted by Crippen LogP contribution is -2.21. The molecule has 1 amide bonds. The van der Waals surface area contributed by atoms with Gasteiger partial charge in [-0.05, 0) is 74.2 Å². The van der Waals surface area contributed by atoms with E-state index in [1.54, 1.807) is 0 Å². The van der Waals surface area contributed by atoms with Crippen molar-refractivity contribution in [2.45, 2.75) is 27.7 Å². The lowest BCUT2D eigenvalue weighted by Gasteiger charge is -2.15. The summed E-state index contributed by atoms with van der Waals surface area (Å²) in [5.74, 6) is 0.568. The van der Waals surface area contributed by atoms with Gasteiger partial charge in [-0.2, -0.15) is 0 Å². The summed E-state index contributed by atoms with van der Waals surface area (Å²) in [4.78, 5) is 12.1. The highest BCUT2D eigenvalue weighted by Gasteiger charge is 2.11. The molecule has 0 spiro atoms. The van der Waals surface area contributed by atoms with Crippen molar-refractivity contribution >= 4 is 43.5 Å². The van der Waals surface area contributed by atoms with Gasteiger partial charge in [0.15, 0.2) is 6.61 Å². The average molecular weight is 441 g/mol. The minimum Gasteiger partial charge on any atom is -0.483 e. The van der Waals surface area contributed by atoms with Crippen molar-refractivity contribution in [2.24, 2.45) is 0 Å². The second-order valence-corrected chi connectivity index (χ2v) is 7.26. The number of hydrogen-bond acceptors (Lipinski definition) is 2. The standard InChI is InChI=1S/C18H19Br2NO2/c1-10-7-14(19)5-6-15(10)21-17(22)9-23-16-8-11(2)18(20)13(4)12(16)3/h5-8H,9H2,1-4H3,(H,21,22). The maximum atomic E-state index is 12.1. The summed E-state index contributed by atoms with van der Waals surface area (Å²) in [5.41, 5.74) is 5.05. The van der Waals surface area contributed by atoms with Gasteiger partial charge in [0.25, 0.3) is 5.91 Å². The molecule has 0 heterocycles. The molecular formula is C18H19Br2NO2. The van der Waals surface area contributed by atoms with Crippen LogP contribution in [0.5, 0.6) is 5.75 Å². The van der Waals surface area contributed by atoms with Crippen LogP contribution in [0.2, 0.25) is 0 Å². The van der Waals surface area contributed by atoms with E-state index >= 15 is 0 Å². The number of benzene rings is 2. The van der Waals surface area contributed by atoms with Crippen molar-refractivity contribution in [1.29, 1.82) is 0 Å². The van der Waals surface area contributed by atoms with Crippen molar-refractivity contribution in [3.63, 3.8) is 0 Å². The first-order chi connectivity index (χ1) is 10.8. The van der Waals surface area contributed by atoms with Crippen molar-refractivity contribution in [3.8, 4) is 5.75 Å². The fourth-order valence-corrected chi connectivity index (χ4v) is 3.15. The van der Waals surface area contributed by atoms with Crippen molar-refractivity contribution in [2.75, 3.05) is 11.9 Å². The van der Waals surface area contributed by atoms with E-state index in [1.807, 2.05) is 52.0 Å². The molecule has 3 nitrogen and oxygen atoms in total. The normalized spacial score (nSPS) is 10.5. The van der Waals surface area contributed by atoms with Gasteiger partial charge in [0.05, 0.1) is 0 Å². The molecule has 0 saturated carbocycles. The van der Waals surface area contributed by atoms with E-state index in [9.17, 15) is 4.79 Å². The maximum absolute atomic E-state index is 12.1. The molecule has 0 aliphatic heterocycles. The van der Waals surface area contributed by atoms with Crippen LogP contribution in [0.1, 0.15) is 22.3 Å². The summed E-state index contributed by atoms with van der Waals surface area (Å²) in [6, 6.07) is 7.68. The SMILES string of the molecule is Cc1cc(Br)ccc1NC(=O)COc1cc(C)c(Br)c(C)c1C. The first-order valence-electron chi connectivity index (χ1n) is 7.24. The topological polar surface area (TPSA) is 38.3 Å². The number of ether oxygens (including phenoxy) is 1. The Kier molecular flexibility index (Phi) is 5.87. The summed E-state index contributed by atoms with van der Waals surface area (Å²) in [7, 11) is 0. The number of carbonyl (C=O) groups excluding carboxylic acids is 1. The third-order valence-electron chi connectivity index (χ3n) is 3.78. The van der Waals surface area contributed by atoms with Gasteiger partial charge < -0.3 is 10.1 Å². The van der Waals surface area contributed by atoms with Gasteiger partial charge >= 0.3 is 0 Å². The summed E-state index contributed by atoms with van der Waals surface area (Å²) in [5, 5.41) is 2.87. The number of amides is 1. The summed E-state index contributed by atoms with van der Waals surface area (Å²) < 4.78 is 7.78. The zero-order chi connectivity index (χ0) is 17.1. The number of rotatable bonds is 4. The second-order valence-electron chi connectivity index (χ2n) is 5.55. The minimum absolute atomic E-state index is 0.0170. The fraction of sp³-hybridized carbons (Fsp3) is 0.278. The van der Waals surface area contributed by atoms with E-state index in [0.717, 1.165) is 42.6 Å². The molecule has 5 heteroatoms. The number of halogens is 2. The number of aryl methyl sites for hydroxylation is 2. The fourth-order valence-electron chi connectivity index (χ4n) is 2.26. The van der Waals surface area contributed by atoms with Crippen LogP contribution >= 0.6 is 31.9 Å². The third-order valence-corrected chi connectivity index (χ3v) is 5.49. The highest BCUT2D eigenvalue weighted by atomic mass is 79.9. The van der Waals surface area contributed by atoms with Crippen LogP contribution in [0.4, 0.5) is 5.69 Å². The van der Waals surface area contributed by atoms with E-state index < -0.39 is 0 Å². The number of hydrogen-bond donors (Lipinski definition) is 1. The second kappa shape index (κ2) is 7.49. The minimum atomic E-state index is -0.173. The number of anilines is 1. The van der Waals surface area contributed by atoms with Crippen molar-refractivity contribution in [3.05, 3.63) is 55.5 Å². The molecule has 0 aromatic heterocycles. The third kappa shape index (κ3) is 4.36. The van der Waals surface area contributed by atoms with Crippen LogP contribution in [0.15, 0.2) is 33.2 Å². The van der Waals surface area contributed by atoms with Gasteiger partial charge in [0.1, 0.15) is 5.75 Å². The lowest BCUT2D eigenvalue weighted by atomic mass is 10.1. The van der Waals surface area contributed by atoms with Crippen LogP contribution in [0, 0.1) is 27.7 Å². The Balaban J connectivity index is 2.05. The molecule has 2 aromatic carbocycles. The molecule has 23 heavy (non-hydrogen) atoms. The summed E-state index contributed by atoms with van der Waals surface area (Å²) >= 11 is 6.97. The Bertz CT molecular complexity index is 757. The highest BCUT2D eigenvalue weighted by Crippen LogP contribution is 2.31. The predicted octanol–water partition coefficient (Wildman–Crippen LogP) is 5.46. The monoisotopic (exact) mass is 439 g/mol. The molecule has 2 rings (SSSR count). The van der Waals surface area contributed by atoms with Gasteiger partial charge in [-0.3, -0.25) is 4.79 Å². The highest BCUT2D eigenvalue weighted by molar-refractivity contribution is 9.10. The molecule has 0 aliphatic rings. The first-order valence-corrected chi connectivity index (χ1v) is 8.83. The van der Waals surface area contributed by atoms with Crippen LogP contribution in [0.25, 0.3) is 0 Å². The Morgan fingerprint density at radius 2 is 1.74 bits per heavy atom. The van der Waals surface area contributed by atoms with Gasteiger partial charge in [-0.25, -0.2) is 0 Å². The van der Waals surface area contributed by atoms with Crippen LogP contribution in [-0.4, -0.2) is 12.5 Å². The zero-order valence-corrected chi connectivity index (χ0v) is 16.8. The van der Waals surface area contributed by atoms with Gasteiger partial charge in [-0.15, -0.1) is 0 Å². The molecule has 122 valence electrons. The molecule has 0 radical (unpaired) electrons. The Morgan fingerprint density at radius 3 is 2.39 bits per heavy atom. The Labute approximate surface area is 153 Å². The van der Waals surface area contributed by atoms with Gasteiger partial charge in [0, 0.05) is 14.6 Å². The summed E-state index contributed by atoms with van der Waals surface area (Å²) in [6.45, 7) is 7.97. The lowest BCUT2D eigenvalue weighted by molar-refractivity contribution is -0.118. The quantitative estimate of drug-likeness (QED) is 0.685. The zero-order valence-electron chi connectivity index (χ0n) is 13.6. The molecular weight excluding hydrogens is 422 g/mol. The molecule has 0 atom stereocenters. The first kappa shape index (κ1) is 18.0. The smallest absolute Gasteiger partial charge is 0.262 e. The Hall–Kier alpha value is -1.33. The van der Waals surface area contributed by atoms with Gasteiger partial charge in [-0.1, -0.05) is 31.9 Å². The Morgan fingerprint density at radius 1 is 1.04 bits per heavy atom. The summed E-state index contributed by atoms with van der Waals surface area (Å²) in [6.07, 6.45) is 0. The van der Waals surface area contributed by atoms with E-state index in [2.05, 4.69) is 37.2 Å². The number of carbonyl (C=O) groups is 1. The van der Waals surface area contributed by atoms with E-state index in [-0.39, 0.29) is 12.5 Å². The molecule has 0 bridgehead atoms. The van der Waals surface area contributed by atoms with E-state index in [1.165, 1.54) is 0 Å². The van der Waals surface area contributed by atoms with Crippen molar-refractivity contribution < 1.29 is 9.53 Å². The molecule has 0 fully saturated rings. The largest absolute Gasteiger partial charge is 0.483 e. The van der Waals surface area contributed by atoms with Crippen LogP contribution in [-0.2, 0) is 4.79 Å². The van der Waals surface area contributed by atoms with E-state index in [0.29, 0.717) is 0 Å². The molecule has 0 aliphatic carbocycles. The molecule has 0 unspecified atom stereocenters. The van der Waals surface area contributed by atoms with Crippen LogP contribution < -0.4 is 10.1 Å². The number of nitrogens with one attached hydrogen (secondary N) is 1.